The van der Waals surface area contributed by atoms with E-state index in [2.05, 4.69) is 184 Å². The summed E-state index contributed by atoms with van der Waals surface area (Å²) in [6.07, 6.45) is 0. The molecule has 19 rings (SSSR count). The van der Waals surface area contributed by atoms with E-state index in [1.165, 1.54) is 91.0 Å². The standard InChI is InChI=1S/C36H33BFN3O2.C30H21ClFN3.C24H18ClN3.C6H5BClFO2/c1-34(2)27-15-11-10-14-25(27)26-18-16-23(20-28(26)34)32-39-31(22-12-8-7-9-13-22)40-33(41-32)24-17-19-30(38)29(21-24)37-42-35(3,4)36(5,6)43-37;1-30(2)23-11-7-6-10-21(23)22-14-12-19(16-24(22)30)28-33-27(18-8-4-3-5-9-18)34-29(35-28)20-13-15-26(32)25(31)17-20;1-24(2)19-11-7-6-10-17(19)18-13-12-16(14-20(18)24)22-26-21(27-23(25)28-22)15-8-4-3-5-9-15;8-5-3-4(7(10)11)1-2-6(5)9/h7-21H,1-6H3;3-17H,1-2H3;3-14H,1-2H3;1-3,10-11H. The molecule has 3 aromatic heterocycles. The van der Waals surface area contributed by atoms with Crippen molar-refractivity contribution in [2.45, 2.75) is 96.7 Å². The van der Waals surface area contributed by atoms with Crippen molar-refractivity contribution in [3.05, 3.63) is 339 Å². The molecule has 13 nitrogen and oxygen atoms in total. The Kier molecular flexibility index (Phi) is 21.2. The second-order valence-corrected chi connectivity index (χ2v) is 32.9. The van der Waals surface area contributed by atoms with Gasteiger partial charge in [0.2, 0.25) is 5.28 Å². The molecular formula is C96H77B2Cl3F3N9O4. The molecule has 21 heteroatoms. The molecule has 0 unspecified atom stereocenters. The molecule has 3 aliphatic carbocycles. The van der Waals surface area contributed by atoms with Crippen LogP contribution >= 0.6 is 34.8 Å². The molecule has 0 atom stereocenters. The molecule has 1 fully saturated rings. The van der Waals surface area contributed by atoms with Crippen LogP contribution in [0.25, 0.3) is 124 Å². The average molecular weight is 1610 g/mol. The van der Waals surface area contributed by atoms with Gasteiger partial charge in [-0.05, 0) is 178 Å². The highest BCUT2D eigenvalue weighted by atomic mass is 35.5. The van der Waals surface area contributed by atoms with Crippen molar-refractivity contribution in [3.8, 4) is 124 Å². The third-order valence-electron chi connectivity index (χ3n) is 22.7. The van der Waals surface area contributed by atoms with E-state index in [9.17, 15) is 8.78 Å². The quantitative estimate of drug-likeness (QED) is 0.124. The summed E-state index contributed by atoms with van der Waals surface area (Å²) in [6.45, 7) is 21.3. The van der Waals surface area contributed by atoms with Crippen LogP contribution in [-0.4, -0.2) is 80.3 Å². The van der Waals surface area contributed by atoms with Crippen molar-refractivity contribution in [2.24, 2.45) is 0 Å². The van der Waals surface area contributed by atoms with Crippen LogP contribution in [0.15, 0.2) is 273 Å². The Labute approximate surface area is 693 Å². The fourth-order valence-corrected chi connectivity index (χ4v) is 16.1. The first-order chi connectivity index (χ1) is 56.0. The predicted octanol–water partition coefficient (Wildman–Crippen LogP) is 21.9. The van der Waals surface area contributed by atoms with Crippen molar-refractivity contribution in [1.29, 1.82) is 0 Å². The minimum absolute atomic E-state index is 0.0303. The fraction of sp³-hybridized carbons (Fsp3) is 0.156. The van der Waals surface area contributed by atoms with Crippen LogP contribution in [0.2, 0.25) is 15.3 Å². The molecule has 0 radical (unpaired) electrons. The van der Waals surface area contributed by atoms with Crippen molar-refractivity contribution >= 4 is 60.0 Å². The smallest absolute Gasteiger partial charge is 0.423 e. The number of rotatable bonds is 10. The molecule has 15 aromatic rings. The molecule has 0 amide bonds. The van der Waals surface area contributed by atoms with Gasteiger partial charge in [-0.3, -0.25) is 0 Å². The van der Waals surface area contributed by atoms with Crippen molar-refractivity contribution in [2.75, 3.05) is 0 Å². The number of fused-ring (bicyclic) bond motifs is 9. The Balaban J connectivity index is 0.000000125. The molecule has 117 heavy (non-hydrogen) atoms. The fourth-order valence-electron chi connectivity index (χ4n) is 15.6. The van der Waals surface area contributed by atoms with Crippen LogP contribution in [-0.2, 0) is 25.6 Å². The maximum Gasteiger partial charge on any atom is 0.497 e. The lowest BCUT2D eigenvalue weighted by Gasteiger charge is -2.32. The van der Waals surface area contributed by atoms with Crippen molar-refractivity contribution in [3.63, 3.8) is 0 Å². The summed E-state index contributed by atoms with van der Waals surface area (Å²) in [6, 6.07) is 87.3. The first kappa shape index (κ1) is 79.2. The largest absolute Gasteiger partial charge is 0.497 e. The van der Waals surface area contributed by atoms with Gasteiger partial charge in [-0.2, -0.15) is 9.97 Å². The van der Waals surface area contributed by atoms with Crippen LogP contribution in [0.3, 0.4) is 0 Å². The van der Waals surface area contributed by atoms with E-state index in [0.29, 0.717) is 63.2 Å². The molecule has 1 aliphatic heterocycles. The molecule has 0 spiro atoms. The Hall–Kier alpha value is -11.7. The van der Waals surface area contributed by atoms with E-state index < -0.39 is 42.9 Å². The number of aromatic nitrogens is 9. The summed E-state index contributed by atoms with van der Waals surface area (Å²) in [7, 11) is -2.45. The zero-order valence-corrected chi connectivity index (χ0v) is 67.9. The Morgan fingerprint density at radius 1 is 0.282 bits per heavy atom. The first-order valence-corrected chi connectivity index (χ1v) is 39.4. The number of hydrogen-bond donors (Lipinski definition) is 2. The molecule has 0 bridgehead atoms. The topological polar surface area (TPSA) is 175 Å². The summed E-state index contributed by atoms with van der Waals surface area (Å²) in [4.78, 5) is 42.5. The van der Waals surface area contributed by atoms with Gasteiger partial charge < -0.3 is 19.4 Å². The molecule has 4 aliphatic rings. The van der Waals surface area contributed by atoms with E-state index in [0.717, 1.165) is 39.4 Å². The van der Waals surface area contributed by atoms with Gasteiger partial charge in [-0.1, -0.05) is 271 Å². The summed E-state index contributed by atoms with van der Waals surface area (Å²) in [5.74, 6) is 2.82. The monoisotopic (exact) mass is 1600 g/mol. The molecule has 1 saturated heterocycles. The summed E-state index contributed by atoms with van der Waals surface area (Å²) >= 11 is 17.7. The molecule has 0 saturated carbocycles. The van der Waals surface area contributed by atoms with Crippen molar-refractivity contribution in [1.82, 2.24) is 44.9 Å². The number of halogens is 6. The van der Waals surface area contributed by atoms with E-state index >= 15 is 4.39 Å². The van der Waals surface area contributed by atoms with Crippen molar-refractivity contribution < 1.29 is 32.5 Å². The van der Waals surface area contributed by atoms with E-state index in [-0.39, 0.29) is 37.0 Å². The van der Waals surface area contributed by atoms with Gasteiger partial charge in [-0.25, -0.2) is 48.1 Å². The highest BCUT2D eigenvalue weighted by molar-refractivity contribution is 6.62. The van der Waals surface area contributed by atoms with Crippen LogP contribution in [0.4, 0.5) is 13.2 Å². The summed E-state index contributed by atoms with van der Waals surface area (Å²) in [5.41, 5.74) is 20.9. The molecular weight excluding hydrogens is 1530 g/mol. The van der Waals surface area contributed by atoms with E-state index in [1.807, 2.05) is 119 Å². The number of hydrogen-bond acceptors (Lipinski definition) is 13. The van der Waals surface area contributed by atoms with Gasteiger partial charge in [0.1, 0.15) is 17.5 Å². The van der Waals surface area contributed by atoms with Crippen LogP contribution < -0.4 is 10.9 Å². The second-order valence-electron chi connectivity index (χ2n) is 31.8. The minimum Gasteiger partial charge on any atom is -0.423 e. The lowest BCUT2D eigenvalue weighted by Crippen LogP contribution is -2.41. The molecule has 12 aromatic carbocycles. The maximum absolute atomic E-state index is 15.2. The van der Waals surface area contributed by atoms with Gasteiger partial charge in [0.25, 0.3) is 0 Å². The van der Waals surface area contributed by atoms with Gasteiger partial charge in [-0.15, -0.1) is 0 Å². The third-order valence-corrected chi connectivity index (χ3v) is 23.4. The normalized spacial score (nSPS) is 14.7. The number of benzene rings is 12. The zero-order valence-electron chi connectivity index (χ0n) is 65.6. The lowest BCUT2D eigenvalue weighted by molar-refractivity contribution is 0.00578. The van der Waals surface area contributed by atoms with Gasteiger partial charge in [0, 0.05) is 66.2 Å². The predicted molar refractivity (Wildman–Crippen MR) is 463 cm³/mol. The molecule has 2 N–H and O–H groups in total. The minimum atomic E-state index is -1.60. The molecule has 578 valence electrons. The lowest BCUT2D eigenvalue weighted by atomic mass is 9.78. The van der Waals surface area contributed by atoms with Crippen LogP contribution in [0, 0.1) is 17.5 Å². The summed E-state index contributed by atoms with van der Waals surface area (Å²) < 4.78 is 53.9. The second kappa shape index (κ2) is 31.4. The maximum atomic E-state index is 15.2. The van der Waals surface area contributed by atoms with Crippen LogP contribution in [0.1, 0.15) is 103 Å². The Morgan fingerprint density at radius 3 is 0.906 bits per heavy atom. The van der Waals surface area contributed by atoms with Gasteiger partial charge in [0.05, 0.1) is 21.2 Å². The summed E-state index contributed by atoms with van der Waals surface area (Å²) in [5, 5.41) is 17.3. The Bertz CT molecular complexity index is 6350. The SMILES string of the molecule is CC1(C)c2ccccc2-c2ccc(-c3nc(-c4ccccc4)nc(-c4ccc(F)c(B5OC(C)(C)C(C)(C)O5)c4)n3)cc21.CC1(C)c2ccccc2-c2ccc(-c3nc(-c4ccccc4)nc(-c4ccc(F)c(Cl)c4)n3)cc21.CC1(C)c2ccccc2-c2ccc(-c3nc(Cl)nc(-c4ccccc4)n3)cc21.OB(O)c1ccc(F)c(Cl)c1. The highest BCUT2D eigenvalue weighted by Crippen LogP contribution is 2.53. The van der Waals surface area contributed by atoms with E-state index in [4.69, 9.17) is 84.1 Å². The van der Waals surface area contributed by atoms with Gasteiger partial charge >= 0.3 is 14.2 Å². The number of nitrogens with zero attached hydrogens (tertiary/aromatic N) is 9. The first-order valence-electron chi connectivity index (χ1n) is 38.3. The highest BCUT2D eigenvalue weighted by Gasteiger charge is 2.53. The van der Waals surface area contributed by atoms with E-state index in [1.54, 1.807) is 24.3 Å². The molecule has 4 heterocycles. The average Bonchev–Trinajstić information content (AvgIpc) is 1.58. The third kappa shape index (κ3) is 15.4. The zero-order chi connectivity index (χ0) is 82.0. The van der Waals surface area contributed by atoms with Crippen LogP contribution in [0.5, 0.6) is 0 Å². The van der Waals surface area contributed by atoms with Gasteiger partial charge in [0.15, 0.2) is 46.6 Å². The Morgan fingerprint density at radius 2 is 0.556 bits per heavy atom.